The van der Waals surface area contributed by atoms with Gasteiger partial charge in [0.2, 0.25) is 0 Å². The number of carboxylic acids is 4. The first kappa shape index (κ1) is 26.7. The van der Waals surface area contributed by atoms with Crippen LogP contribution in [0.3, 0.4) is 0 Å². The second-order valence-electron chi connectivity index (χ2n) is 6.72. The number of aromatic carboxylic acids is 4. The van der Waals surface area contributed by atoms with E-state index in [9.17, 15) is 41.1 Å². The quantitative estimate of drug-likeness (QED) is 0.165. The zero-order valence-corrected chi connectivity index (χ0v) is 16.7. The van der Waals surface area contributed by atoms with Gasteiger partial charge in [0, 0.05) is 11.4 Å². The molecule has 188 valence electrons. The third-order valence-corrected chi connectivity index (χ3v) is 4.38. The van der Waals surface area contributed by atoms with E-state index in [2.05, 4.69) is 0 Å². The molecule has 0 saturated heterocycles. The number of hydrogen-bond donors (Lipinski definition) is 6. The van der Waals surface area contributed by atoms with E-state index in [1.54, 1.807) is 0 Å². The largest absolute Gasteiger partial charge is 0.478 e. The molecule has 2 aromatic rings. The summed E-state index contributed by atoms with van der Waals surface area (Å²) in [6.45, 7) is 0. The molecule has 2 rings (SSSR count). The summed E-state index contributed by atoms with van der Waals surface area (Å²) in [7, 11) is 0. The van der Waals surface area contributed by atoms with Crippen molar-refractivity contribution in [1.82, 2.24) is 0 Å². The lowest BCUT2D eigenvalue weighted by atomic mass is 10.0. The predicted octanol–water partition coefficient (Wildman–Crippen LogP) is 3.82. The van der Waals surface area contributed by atoms with Crippen LogP contribution in [0.5, 0.6) is 0 Å². The second kappa shape index (κ2) is 9.03. The van der Waals surface area contributed by atoms with E-state index in [-0.39, 0.29) is 12.1 Å². The van der Waals surface area contributed by atoms with E-state index >= 15 is 4.39 Å². The second-order valence-corrected chi connectivity index (χ2v) is 6.72. The Bertz CT molecular complexity index is 1140. The molecule has 10 nitrogen and oxygen atoms in total. The van der Waals surface area contributed by atoms with Crippen LogP contribution in [0.1, 0.15) is 41.4 Å². The maximum atomic E-state index is 15.4. The number of rotatable bonds is 9. The number of hydrogen-bond acceptors (Lipinski definition) is 6. The maximum Gasteiger partial charge on any atom is 0.461 e. The number of halogens is 6. The Kier molecular flexibility index (Phi) is 6.90. The van der Waals surface area contributed by atoms with Crippen LogP contribution in [0.25, 0.3) is 0 Å². The van der Waals surface area contributed by atoms with Crippen molar-refractivity contribution < 1.29 is 65.9 Å². The summed E-state index contributed by atoms with van der Waals surface area (Å²) in [6.07, 6.45) is -6.56. The first-order chi connectivity index (χ1) is 15.9. The molecule has 0 bridgehead atoms. The zero-order valence-electron chi connectivity index (χ0n) is 16.7. The van der Waals surface area contributed by atoms with Gasteiger partial charge in [0.1, 0.15) is 0 Å². The molecule has 2 aromatic carbocycles. The Hall–Kier alpha value is -4.50. The molecule has 16 heteroatoms. The van der Waals surface area contributed by atoms with Crippen LogP contribution >= 0.6 is 0 Å². The fourth-order valence-corrected chi connectivity index (χ4v) is 2.75. The van der Waals surface area contributed by atoms with E-state index in [1.807, 2.05) is 0 Å². The number of benzene rings is 2. The Morgan fingerprint density at radius 1 is 0.571 bits per heavy atom. The van der Waals surface area contributed by atoms with E-state index < -0.39 is 75.5 Å². The van der Waals surface area contributed by atoms with Gasteiger partial charge in [-0.3, -0.25) is 0 Å². The molecule has 0 spiro atoms. The summed E-state index contributed by atoms with van der Waals surface area (Å²) in [4.78, 5) is 44.7. The Morgan fingerprint density at radius 2 is 0.886 bits per heavy atom. The molecule has 0 atom stereocenters. The van der Waals surface area contributed by atoms with Gasteiger partial charge < -0.3 is 31.1 Å². The average Bonchev–Trinajstić information content (AvgIpc) is 2.72. The highest BCUT2D eigenvalue weighted by Crippen LogP contribution is 2.46. The first-order valence-electron chi connectivity index (χ1n) is 8.82. The van der Waals surface area contributed by atoms with Crippen molar-refractivity contribution in [2.75, 3.05) is 10.6 Å². The minimum absolute atomic E-state index is 0.282. The molecule has 0 aliphatic heterocycles. The van der Waals surface area contributed by atoms with E-state index in [0.717, 1.165) is 10.6 Å². The van der Waals surface area contributed by atoms with Gasteiger partial charge in [0.15, 0.2) is 0 Å². The zero-order chi connectivity index (χ0) is 26.9. The number of alkyl halides is 6. The molecule has 0 radical (unpaired) electrons. The Labute approximate surface area is 189 Å². The van der Waals surface area contributed by atoms with Crippen LogP contribution in [0.2, 0.25) is 0 Å². The Balaban J connectivity index is 2.66. The maximum absolute atomic E-state index is 15.4. The monoisotopic (exact) mass is 510 g/mol. The van der Waals surface area contributed by atoms with Crippen LogP contribution < -0.4 is 10.6 Å². The van der Waals surface area contributed by atoms with Gasteiger partial charge in [-0.1, -0.05) is 0 Å². The highest BCUT2D eigenvalue weighted by Gasteiger charge is 2.72. The lowest BCUT2D eigenvalue weighted by Crippen LogP contribution is -2.63. The van der Waals surface area contributed by atoms with E-state index in [1.165, 1.54) is 0 Å². The molecule has 0 heterocycles. The summed E-state index contributed by atoms with van der Waals surface area (Å²) >= 11 is 0. The molecule has 0 aliphatic carbocycles. The van der Waals surface area contributed by atoms with Crippen molar-refractivity contribution in [2.24, 2.45) is 0 Å². The fourth-order valence-electron chi connectivity index (χ4n) is 2.75. The van der Waals surface area contributed by atoms with Gasteiger partial charge in [-0.05, 0) is 36.4 Å². The lowest BCUT2D eigenvalue weighted by Gasteiger charge is -2.36. The molecule has 0 unspecified atom stereocenters. The minimum Gasteiger partial charge on any atom is -0.478 e. The van der Waals surface area contributed by atoms with Crippen molar-refractivity contribution in [3.8, 4) is 0 Å². The van der Waals surface area contributed by atoms with Crippen molar-refractivity contribution >= 4 is 35.3 Å². The van der Waals surface area contributed by atoms with Crippen molar-refractivity contribution in [3.63, 3.8) is 0 Å². The Morgan fingerprint density at radius 3 is 1.14 bits per heavy atom. The van der Waals surface area contributed by atoms with Crippen molar-refractivity contribution in [2.45, 2.75) is 18.0 Å². The smallest absolute Gasteiger partial charge is 0.461 e. The van der Waals surface area contributed by atoms with Crippen LogP contribution in [-0.4, -0.2) is 62.3 Å². The SMILES string of the molecule is O=C(O)c1ccc(NC(F)(Nc2ccc(C(=O)O)c(C(=O)O)c2)C(F)(F)C(F)(F)F)cc1C(=O)O. The summed E-state index contributed by atoms with van der Waals surface area (Å²) in [5.41, 5.74) is -6.02. The normalized spacial score (nSPS) is 12.1. The standard InChI is InChI=1S/C19H12F6N2O8/c20-17(21,18(22,23)24)19(25,26-7-1-3-9(13(28)29)11(5-7)15(32)33)27-8-2-4-10(14(30)31)12(6-8)16(34)35/h1-6,26-27H,(H,28,29)(H,30,31)(H,32,33)(H,34,35). The molecule has 35 heavy (non-hydrogen) atoms. The summed E-state index contributed by atoms with van der Waals surface area (Å²) in [5, 5.41) is 38.4. The van der Waals surface area contributed by atoms with Crippen LogP contribution in [-0.2, 0) is 0 Å². The molecule has 0 aromatic heterocycles. The summed E-state index contributed by atoms with van der Waals surface area (Å²) in [6, 6.07) is 2.59. The number of carbonyl (C=O) groups is 4. The molecule has 6 N–H and O–H groups in total. The fraction of sp³-hybridized carbons (Fsp3) is 0.158. The third kappa shape index (κ3) is 5.20. The lowest BCUT2D eigenvalue weighted by molar-refractivity contribution is -0.317. The predicted molar refractivity (Wildman–Crippen MR) is 103 cm³/mol. The van der Waals surface area contributed by atoms with Crippen LogP contribution in [0.4, 0.5) is 37.7 Å². The number of nitrogens with one attached hydrogen (secondary N) is 2. The van der Waals surface area contributed by atoms with Gasteiger partial charge in [0.05, 0.1) is 22.3 Å². The highest BCUT2D eigenvalue weighted by molar-refractivity contribution is 6.03. The highest BCUT2D eigenvalue weighted by atomic mass is 19.4. The van der Waals surface area contributed by atoms with Gasteiger partial charge in [-0.15, -0.1) is 0 Å². The topological polar surface area (TPSA) is 173 Å². The first-order valence-corrected chi connectivity index (χ1v) is 8.82. The van der Waals surface area contributed by atoms with Gasteiger partial charge in [0.25, 0.3) is 0 Å². The van der Waals surface area contributed by atoms with Crippen molar-refractivity contribution in [3.05, 3.63) is 58.7 Å². The molecule has 0 amide bonds. The average molecular weight is 510 g/mol. The molecule has 0 saturated carbocycles. The third-order valence-electron chi connectivity index (χ3n) is 4.38. The van der Waals surface area contributed by atoms with Crippen LogP contribution in [0, 0.1) is 0 Å². The van der Waals surface area contributed by atoms with E-state index in [4.69, 9.17) is 20.4 Å². The number of anilines is 2. The summed E-state index contributed by atoms with van der Waals surface area (Å²) in [5.74, 6) is -18.7. The summed E-state index contributed by atoms with van der Waals surface area (Å²) < 4.78 is 83.1. The molecule has 0 aliphatic rings. The minimum atomic E-state index is -6.56. The molecule has 0 fully saturated rings. The van der Waals surface area contributed by atoms with Gasteiger partial charge in [-0.25, -0.2) is 19.2 Å². The molecular weight excluding hydrogens is 498 g/mol. The number of carboxylic acid groups (broad SMARTS) is 4. The van der Waals surface area contributed by atoms with Crippen molar-refractivity contribution in [1.29, 1.82) is 0 Å². The van der Waals surface area contributed by atoms with Gasteiger partial charge in [-0.2, -0.15) is 26.3 Å². The van der Waals surface area contributed by atoms with E-state index in [0.29, 0.717) is 24.3 Å². The molecular formula is C19H12F6N2O8. The van der Waals surface area contributed by atoms with Gasteiger partial charge >= 0.3 is 41.9 Å². The van der Waals surface area contributed by atoms with Crippen LogP contribution in [0.15, 0.2) is 36.4 Å².